The molecule has 2 aromatic carbocycles. The Morgan fingerprint density at radius 1 is 0.857 bits per heavy atom. The lowest BCUT2D eigenvalue weighted by Gasteiger charge is -2.15. The van der Waals surface area contributed by atoms with Gasteiger partial charge in [0.2, 0.25) is 26.8 Å². The number of ether oxygens (including phenoxy) is 2. The van der Waals surface area contributed by atoms with E-state index in [1.165, 1.54) is 28.6 Å². The van der Waals surface area contributed by atoms with Crippen LogP contribution in [0.3, 0.4) is 0 Å². The molecule has 1 N–H and O–H groups in total. The molecule has 28 heavy (non-hydrogen) atoms. The molecule has 0 saturated carbocycles. The monoisotopic (exact) mass is 424 g/mol. The maximum absolute atomic E-state index is 12.5. The lowest BCUT2D eigenvalue weighted by atomic mass is 10.2. The molecule has 1 fully saturated rings. The van der Waals surface area contributed by atoms with Gasteiger partial charge in [-0.1, -0.05) is 6.07 Å². The van der Waals surface area contributed by atoms with Crippen LogP contribution in [0.15, 0.2) is 52.3 Å². The molecule has 0 spiro atoms. The van der Waals surface area contributed by atoms with Gasteiger partial charge in [0.25, 0.3) is 0 Å². The Morgan fingerprint density at radius 2 is 1.50 bits per heavy atom. The normalized spacial score (nSPS) is 17.1. The standard InChI is InChI=1S/C18H20N2O6S2/c21-27(22,19-12-14-3-8-17-18(11-14)26-13-25-17)15-4-6-16(7-5-15)28(23,24)20-9-1-2-10-20/h3-8,11,19H,1-2,9-10,12-13H2. The van der Waals surface area contributed by atoms with Crippen molar-refractivity contribution in [1.82, 2.24) is 9.03 Å². The highest BCUT2D eigenvalue weighted by Gasteiger charge is 2.27. The lowest BCUT2D eigenvalue weighted by Crippen LogP contribution is -2.28. The largest absolute Gasteiger partial charge is 0.454 e. The molecule has 0 atom stereocenters. The maximum atomic E-state index is 12.5. The predicted octanol–water partition coefficient (Wildman–Crippen LogP) is 1.68. The SMILES string of the molecule is O=S(=O)(NCc1ccc2c(c1)OCO2)c1ccc(S(=O)(=O)N2CCCC2)cc1. The molecule has 0 bridgehead atoms. The van der Waals surface area contributed by atoms with E-state index in [1.807, 2.05) is 0 Å². The summed E-state index contributed by atoms with van der Waals surface area (Å²) in [5.74, 6) is 1.20. The first kappa shape index (κ1) is 19.2. The summed E-state index contributed by atoms with van der Waals surface area (Å²) in [7, 11) is -7.35. The first-order valence-corrected chi connectivity index (χ1v) is 11.8. The third kappa shape index (κ3) is 3.72. The van der Waals surface area contributed by atoms with Gasteiger partial charge in [-0.2, -0.15) is 4.31 Å². The first-order chi connectivity index (χ1) is 13.4. The van der Waals surface area contributed by atoms with E-state index < -0.39 is 20.0 Å². The topological polar surface area (TPSA) is 102 Å². The summed E-state index contributed by atoms with van der Waals surface area (Å²) in [6.45, 7) is 1.23. The summed E-state index contributed by atoms with van der Waals surface area (Å²) in [6.07, 6.45) is 1.69. The Labute approximate surface area is 164 Å². The molecule has 8 nitrogen and oxygen atoms in total. The van der Waals surface area contributed by atoms with Crippen molar-refractivity contribution < 1.29 is 26.3 Å². The summed E-state index contributed by atoms with van der Waals surface area (Å²) in [5.41, 5.74) is 0.723. The molecule has 0 aliphatic carbocycles. The molecular weight excluding hydrogens is 404 g/mol. The van der Waals surface area contributed by atoms with Crippen LogP contribution in [-0.4, -0.2) is 41.0 Å². The first-order valence-electron chi connectivity index (χ1n) is 8.85. The molecule has 10 heteroatoms. The van der Waals surface area contributed by atoms with Crippen LogP contribution in [0.1, 0.15) is 18.4 Å². The number of rotatable bonds is 6. The van der Waals surface area contributed by atoms with Crippen LogP contribution in [0.4, 0.5) is 0 Å². The maximum Gasteiger partial charge on any atom is 0.243 e. The minimum Gasteiger partial charge on any atom is -0.454 e. The number of benzene rings is 2. The molecule has 2 aromatic rings. The summed E-state index contributed by atoms with van der Waals surface area (Å²) < 4.78 is 64.6. The highest BCUT2D eigenvalue weighted by atomic mass is 32.2. The highest BCUT2D eigenvalue weighted by molar-refractivity contribution is 7.89. The Hall–Kier alpha value is -2.14. The van der Waals surface area contributed by atoms with Crippen LogP contribution in [0.25, 0.3) is 0 Å². The second-order valence-corrected chi connectivity index (χ2v) is 10.3. The fraction of sp³-hybridized carbons (Fsp3) is 0.333. The number of sulfonamides is 2. The second kappa shape index (κ2) is 7.36. The fourth-order valence-corrected chi connectivity index (χ4v) is 5.72. The van der Waals surface area contributed by atoms with E-state index in [4.69, 9.17) is 9.47 Å². The van der Waals surface area contributed by atoms with Crippen LogP contribution in [-0.2, 0) is 26.6 Å². The van der Waals surface area contributed by atoms with Gasteiger partial charge in [0.1, 0.15) is 0 Å². The van der Waals surface area contributed by atoms with Crippen LogP contribution in [0.2, 0.25) is 0 Å². The molecule has 2 heterocycles. The van der Waals surface area contributed by atoms with Crippen molar-refractivity contribution in [3.63, 3.8) is 0 Å². The van der Waals surface area contributed by atoms with Crippen molar-refractivity contribution in [2.45, 2.75) is 29.2 Å². The second-order valence-electron chi connectivity index (χ2n) is 6.59. The van der Waals surface area contributed by atoms with E-state index in [1.54, 1.807) is 18.2 Å². The zero-order chi connectivity index (χ0) is 19.8. The summed E-state index contributed by atoms with van der Waals surface area (Å²) in [4.78, 5) is 0.109. The smallest absolute Gasteiger partial charge is 0.243 e. The van der Waals surface area contributed by atoms with Gasteiger partial charge in [0, 0.05) is 19.6 Å². The number of nitrogens with zero attached hydrogens (tertiary/aromatic N) is 1. The van der Waals surface area contributed by atoms with Crippen molar-refractivity contribution in [2.24, 2.45) is 0 Å². The number of fused-ring (bicyclic) bond motifs is 1. The fourth-order valence-electron chi connectivity index (χ4n) is 3.18. The van der Waals surface area contributed by atoms with Gasteiger partial charge in [-0.25, -0.2) is 21.6 Å². The van der Waals surface area contributed by atoms with Crippen molar-refractivity contribution in [3.05, 3.63) is 48.0 Å². The van der Waals surface area contributed by atoms with Crippen LogP contribution < -0.4 is 14.2 Å². The Balaban J connectivity index is 1.47. The zero-order valence-corrected chi connectivity index (χ0v) is 16.6. The van der Waals surface area contributed by atoms with Gasteiger partial charge in [0.05, 0.1) is 9.79 Å². The van der Waals surface area contributed by atoms with E-state index in [-0.39, 0.29) is 23.1 Å². The molecule has 0 aromatic heterocycles. The molecule has 0 unspecified atom stereocenters. The van der Waals surface area contributed by atoms with Crippen molar-refractivity contribution >= 4 is 20.0 Å². The van der Waals surface area contributed by atoms with E-state index >= 15 is 0 Å². The third-order valence-corrected chi connectivity index (χ3v) is 8.07. The van der Waals surface area contributed by atoms with Crippen molar-refractivity contribution in [3.8, 4) is 11.5 Å². The summed E-state index contributed by atoms with van der Waals surface area (Å²) in [6, 6.07) is 10.5. The Kier molecular flexibility index (Phi) is 5.04. The Bertz CT molecular complexity index is 1080. The minimum absolute atomic E-state index is 0.00798. The molecule has 2 aliphatic heterocycles. The van der Waals surface area contributed by atoms with E-state index in [9.17, 15) is 16.8 Å². The summed E-state index contributed by atoms with van der Waals surface area (Å²) >= 11 is 0. The number of hydrogen-bond acceptors (Lipinski definition) is 6. The summed E-state index contributed by atoms with van der Waals surface area (Å²) in [5, 5.41) is 0. The molecule has 1 saturated heterocycles. The highest BCUT2D eigenvalue weighted by Crippen LogP contribution is 2.32. The van der Waals surface area contributed by atoms with Gasteiger partial charge in [0.15, 0.2) is 11.5 Å². The molecule has 2 aliphatic rings. The molecule has 0 amide bonds. The van der Waals surface area contributed by atoms with Gasteiger partial charge >= 0.3 is 0 Å². The zero-order valence-electron chi connectivity index (χ0n) is 15.0. The van der Waals surface area contributed by atoms with Crippen molar-refractivity contribution in [1.29, 1.82) is 0 Å². The quantitative estimate of drug-likeness (QED) is 0.757. The third-order valence-electron chi connectivity index (χ3n) is 4.74. The van der Waals surface area contributed by atoms with Crippen LogP contribution in [0, 0.1) is 0 Å². The van der Waals surface area contributed by atoms with E-state index in [2.05, 4.69) is 4.72 Å². The van der Waals surface area contributed by atoms with E-state index in [0.717, 1.165) is 18.4 Å². The average molecular weight is 425 g/mol. The molecule has 150 valence electrons. The molecular formula is C18H20N2O6S2. The predicted molar refractivity (Wildman–Crippen MR) is 101 cm³/mol. The van der Waals surface area contributed by atoms with Crippen LogP contribution in [0.5, 0.6) is 11.5 Å². The van der Waals surface area contributed by atoms with Gasteiger partial charge in [-0.05, 0) is 54.8 Å². The van der Waals surface area contributed by atoms with Crippen LogP contribution >= 0.6 is 0 Å². The minimum atomic E-state index is -3.78. The Morgan fingerprint density at radius 3 is 2.21 bits per heavy atom. The van der Waals surface area contributed by atoms with Gasteiger partial charge < -0.3 is 9.47 Å². The lowest BCUT2D eigenvalue weighted by molar-refractivity contribution is 0.174. The average Bonchev–Trinajstić information content (AvgIpc) is 3.38. The van der Waals surface area contributed by atoms with Crippen molar-refractivity contribution in [2.75, 3.05) is 19.9 Å². The molecule has 4 rings (SSSR count). The van der Waals surface area contributed by atoms with Gasteiger partial charge in [-0.3, -0.25) is 0 Å². The number of hydrogen-bond donors (Lipinski definition) is 1. The number of nitrogens with one attached hydrogen (secondary N) is 1. The molecule has 0 radical (unpaired) electrons. The van der Waals surface area contributed by atoms with E-state index in [0.29, 0.717) is 24.6 Å². The van der Waals surface area contributed by atoms with Gasteiger partial charge in [-0.15, -0.1) is 0 Å².